The van der Waals surface area contributed by atoms with Crippen molar-refractivity contribution in [1.82, 2.24) is 19.8 Å². The number of hydrogen-bond acceptors (Lipinski definition) is 4. The number of rotatable bonds is 2. The minimum atomic E-state index is -0.133. The van der Waals surface area contributed by atoms with Gasteiger partial charge >= 0.3 is 0 Å². The zero-order valence-electron chi connectivity index (χ0n) is 14.1. The van der Waals surface area contributed by atoms with E-state index in [4.69, 9.17) is 0 Å². The van der Waals surface area contributed by atoms with Crippen LogP contribution in [0.1, 0.15) is 20.7 Å². The highest BCUT2D eigenvalue weighted by Gasteiger charge is 2.25. The predicted octanol–water partition coefficient (Wildman–Crippen LogP) is 1.87. The fourth-order valence-electron chi connectivity index (χ4n) is 3.19. The third kappa shape index (κ3) is 2.99. The minimum Gasteiger partial charge on any atom is -0.508 e. The topological polar surface area (TPSA) is 89.5 Å². The van der Waals surface area contributed by atoms with Crippen LogP contribution < -0.4 is 0 Å². The number of benzene rings is 2. The summed E-state index contributed by atoms with van der Waals surface area (Å²) in [6, 6.07) is 11.7. The Labute approximate surface area is 149 Å². The number of fused-ring (bicyclic) bond motifs is 1. The van der Waals surface area contributed by atoms with Crippen molar-refractivity contribution >= 4 is 22.8 Å². The van der Waals surface area contributed by atoms with Gasteiger partial charge in [-0.25, -0.2) is 4.98 Å². The molecule has 4 rings (SSSR count). The summed E-state index contributed by atoms with van der Waals surface area (Å²) in [6.45, 7) is 1.88. The second-order valence-electron chi connectivity index (χ2n) is 6.27. The fraction of sp³-hybridized carbons (Fsp3) is 0.211. The zero-order valence-corrected chi connectivity index (χ0v) is 14.1. The van der Waals surface area contributed by atoms with E-state index in [1.165, 1.54) is 12.1 Å². The van der Waals surface area contributed by atoms with Crippen molar-refractivity contribution in [2.45, 2.75) is 0 Å². The lowest BCUT2D eigenvalue weighted by molar-refractivity contribution is 0.0535. The predicted molar refractivity (Wildman–Crippen MR) is 96.0 cm³/mol. The van der Waals surface area contributed by atoms with Gasteiger partial charge in [0.2, 0.25) is 0 Å². The number of hydrogen-bond donors (Lipinski definition) is 2. The fourth-order valence-corrected chi connectivity index (χ4v) is 3.19. The maximum atomic E-state index is 12.7. The molecule has 2 aromatic carbocycles. The summed E-state index contributed by atoms with van der Waals surface area (Å²) in [6.07, 6.45) is 1.60. The number of nitrogens with zero attached hydrogens (tertiary/aromatic N) is 3. The van der Waals surface area contributed by atoms with Gasteiger partial charge in [0.25, 0.3) is 11.8 Å². The monoisotopic (exact) mass is 350 g/mol. The molecule has 2 amide bonds. The Morgan fingerprint density at radius 2 is 1.58 bits per heavy atom. The number of phenols is 1. The number of carbonyl (C=O) groups is 2. The van der Waals surface area contributed by atoms with Gasteiger partial charge in [0, 0.05) is 37.3 Å². The van der Waals surface area contributed by atoms with E-state index >= 15 is 0 Å². The number of carbonyl (C=O) groups excluding carboxylic acids is 2. The molecule has 0 aliphatic carbocycles. The van der Waals surface area contributed by atoms with E-state index in [9.17, 15) is 14.7 Å². The molecule has 0 atom stereocenters. The van der Waals surface area contributed by atoms with E-state index in [0.29, 0.717) is 37.3 Å². The molecule has 2 heterocycles. The van der Waals surface area contributed by atoms with Crippen molar-refractivity contribution in [3.63, 3.8) is 0 Å². The molecule has 3 aromatic rings. The Hall–Kier alpha value is -3.35. The van der Waals surface area contributed by atoms with Crippen molar-refractivity contribution in [1.29, 1.82) is 0 Å². The third-order valence-electron chi connectivity index (χ3n) is 4.61. The lowest BCUT2D eigenvalue weighted by Crippen LogP contribution is -2.50. The normalized spacial score (nSPS) is 14.6. The van der Waals surface area contributed by atoms with Gasteiger partial charge < -0.3 is 19.9 Å². The van der Waals surface area contributed by atoms with Gasteiger partial charge in [-0.05, 0) is 36.4 Å². The van der Waals surface area contributed by atoms with Gasteiger partial charge in [0.1, 0.15) is 5.75 Å². The number of aromatic hydroxyl groups is 1. The number of nitrogens with one attached hydrogen (secondary N) is 1. The molecule has 0 unspecified atom stereocenters. The Bertz CT molecular complexity index is 974. The van der Waals surface area contributed by atoms with Crippen LogP contribution in [0.2, 0.25) is 0 Å². The summed E-state index contributed by atoms with van der Waals surface area (Å²) in [4.78, 5) is 35.8. The molecule has 0 bridgehead atoms. The molecule has 0 spiro atoms. The van der Waals surface area contributed by atoms with Crippen LogP contribution in [0.15, 0.2) is 48.8 Å². The molecule has 132 valence electrons. The number of aromatic amines is 1. The quantitative estimate of drug-likeness (QED) is 0.738. The summed E-state index contributed by atoms with van der Waals surface area (Å²) in [5.74, 6) is -0.114. The zero-order chi connectivity index (χ0) is 18.1. The molecule has 1 aliphatic rings. The van der Waals surface area contributed by atoms with Crippen molar-refractivity contribution in [2.24, 2.45) is 0 Å². The van der Waals surface area contributed by atoms with Crippen LogP contribution in [0.3, 0.4) is 0 Å². The largest absolute Gasteiger partial charge is 0.508 e. The van der Waals surface area contributed by atoms with Crippen LogP contribution in [0.4, 0.5) is 0 Å². The number of aromatic nitrogens is 2. The Morgan fingerprint density at radius 1 is 0.923 bits per heavy atom. The molecular weight excluding hydrogens is 332 g/mol. The molecule has 0 radical (unpaired) electrons. The van der Waals surface area contributed by atoms with Crippen molar-refractivity contribution in [3.05, 3.63) is 59.9 Å². The second kappa shape index (κ2) is 6.51. The second-order valence-corrected chi connectivity index (χ2v) is 6.27. The molecule has 2 N–H and O–H groups in total. The number of imidazole rings is 1. The van der Waals surface area contributed by atoms with Gasteiger partial charge in [-0.3, -0.25) is 9.59 Å². The third-order valence-corrected chi connectivity index (χ3v) is 4.61. The molecule has 1 saturated heterocycles. The average molecular weight is 350 g/mol. The van der Waals surface area contributed by atoms with Gasteiger partial charge in [-0.2, -0.15) is 0 Å². The van der Waals surface area contributed by atoms with E-state index in [2.05, 4.69) is 9.97 Å². The minimum absolute atomic E-state index is 0.0500. The molecule has 1 fully saturated rings. The van der Waals surface area contributed by atoms with Crippen molar-refractivity contribution < 1.29 is 14.7 Å². The maximum Gasteiger partial charge on any atom is 0.254 e. The van der Waals surface area contributed by atoms with E-state index in [-0.39, 0.29) is 17.6 Å². The van der Waals surface area contributed by atoms with Gasteiger partial charge in [-0.1, -0.05) is 6.07 Å². The molecular formula is C19H18N4O3. The first-order valence-corrected chi connectivity index (χ1v) is 8.42. The summed E-state index contributed by atoms with van der Waals surface area (Å²) in [7, 11) is 0. The van der Waals surface area contributed by atoms with Crippen LogP contribution in [-0.2, 0) is 0 Å². The number of H-pyrrole nitrogens is 1. The SMILES string of the molecule is O=C(c1cccc(O)c1)N1CCN(C(=O)c2ccc3nc[nH]c3c2)CC1. The van der Waals surface area contributed by atoms with Gasteiger partial charge in [0.15, 0.2) is 0 Å². The van der Waals surface area contributed by atoms with E-state index in [0.717, 1.165) is 11.0 Å². The number of amides is 2. The Kier molecular flexibility index (Phi) is 4.04. The number of phenolic OH excluding ortho intramolecular Hbond substituents is 1. The summed E-state index contributed by atoms with van der Waals surface area (Å²) in [5, 5.41) is 9.53. The van der Waals surface area contributed by atoms with Crippen molar-refractivity contribution in [2.75, 3.05) is 26.2 Å². The van der Waals surface area contributed by atoms with E-state index in [1.54, 1.807) is 40.4 Å². The smallest absolute Gasteiger partial charge is 0.254 e. The van der Waals surface area contributed by atoms with Crippen LogP contribution in [0.25, 0.3) is 11.0 Å². The van der Waals surface area contributed by atoms with Gasteiger partial charge in [0.05, 0.1) is 17.4 Å². The average Bonchev–Trinajstić information content (AvgIpc) is 3.15. The highest BCUT2D eigenvalue weighted by molar-refractivity contribution is 5.98. The Balaban J connectivity index is 1.42. The Morgan fingerprint density at radius 3 is 2.23 bits per heavy atom. The molecule has 7 heteroatoms. The first kappa shape index (κ1) is 16.1. The highest BCUT2D eigenvalue weighted by atomic mass is 16.3. The van der Waals surface area contributed by atoms with Crippen LogP contribution in [0.5, 0.6) is 5.75 Å². The lowest BCUT2D eigenvalue weighted by atomic mass is 10.1. The standard InChI is InChI=1S/C19H18N4O3/c24-15-3-1-2-13(10-15)18(25)22-6-8-23(9-7-22)19(26)14-4-5-16-17(11-14)21-12-20-16/h1-5,10-12,24H,6-9H2,(H,20,21). The van der Waals surface area contributed by atoms with Crippen LogP contribution in [0, 0.1) is 0 Å². The molecule has 1 aliphatic heterocycles. The summed E-state index contributed by atoms with van der Waals surface area (Å²) in [5.41, 5.74) is 2.71. The van der Waals surface area contributed by atoms with Crippen molar-refractivity contribution in [3.8, 4) is 5.75 Å². The molecule has 0 saturated carbocycles. The summed E-state index contributed by atoms with van der Waals surface area (Å²) < 4.78 is 0. The van der Waals surface area contributed by atoms with Crippen LogP contribution >= 0.6 is 0 Å². The molecule has 26 heavy (non-hydrogen) atoms. The van der Waals surface area contributed by atoms with Crippen LogP contribution in [-0.4, -0.2) is 62.9 Å². The highest BCUT2D eigenvalue weighted by Crippen LogP contribution is 2.17. The summed E-state index contributed by atoms with van der Waals surface area (Å²) >= 11 is 0. The maximum absolute atomic E-state index is 12.7. The molecule has 1 aromatic heterocycles. The lowest BCUT2D eigenvalue weighted by Gasteiger charge is -2.34. The first-order chi connectivity index (χ1) is 12.6. The van der Waals surface area contributed by atoms with Gasteiger partial charge in [-0.15, -0.1) is 0 Å². The number of piperazine rings is 1. The first-order valence-electron chi connectivity index (χ1n) is 8.42. The van der Waals surface area contributed by atoms with E-state index in [1.807, 2.05) is 6.07 Å². The molecule has 7 nitrogen and oxygen atoms in total. The van der Waals surface area contributed by atoms with E-state index < -0.39 is 0 Å².